The Morgan fingerprint density at radius 1 is 1.21 bits per heavy atom. The van der Waals surface area contributed by atoms with Gasteiger partial charge in [0.1, 0.15) is 0 Å². The Labute approximate surface area is 145 Å². The molecule has 2 heterocycles. The van der Waals surface area contributed by atoms with Crippen LogP contribution in [0, 0.1) is 5.41 Å². The van der Waals surface area contributed by atoms with Gasteiger partial charge in [-0.15, -0.1) is 0 Å². The molecule has 0 unspecified atom stereocenters. The first kappa shape index (κ1) is 17.4. The number of rotatable bonds is 5. The lowest BCUT2D eigenvalue weighted by Gasteiger charge is -2.26. The van der Waals surface area contributed by atoms with Gasteiger partial charge >= 0.3 is 0 Å². The zero-order chi connectivity index (χ0) is 17.0. The standard InChI is InChI=1S/C20H30N2O2/c1-20(2)16-22(15-18(20)17-7-4-3-5-8-17)19(23)9-6-10-21-11-13-24-14-12-21/h3-5,7-8,18H,6,9-16H2,1-2H3/t18-/m1/s1. The SMILES string of the molecule is CC1(C)CN(C(=O)CCCN2CCOCC2)C[C@@H]1c1ccccc1. The molecule has 0 spiro atoms. The summed E-state index contributed by atoms with van der Waals surface area (Å²) in [4.78, 5) is 17.1. The highest BCUT2D eigenvalue weighted by molar-refractivity contribution is 5.76. The van der Waals surface area contributed by atoms with Crippen LogP contribution in [0.1, 0.15) is 38.2 Å². The van der Waals surface area contributed by atoms with Gasteiger partial charge < -0.3 is 9.64 Å². The molecule has 2 saturated heterocycles. The van der Waals surface area contributed by atoms with Gasteiger partial charge in [0.15, 0.2) is 0 Å². The van der Waals surface area contributed by atoms with Crippen LogP contribution in [0.4, 0.5) is 0 Å². The van der Waals surface area contributed by atoms with Gasteiger partial charge in [0, 0.05) is 38.5 Å². The summed E-state index contributed by atoms with van der Waals surface area (Å²) in [6, 6.07) is 10.6. The van der Waals surface area contributed by atoms with Crippen LogP contribution in [0.5, 0.6) is 0 Å². The molecule has 1 amide bonds. The van der Waals surface area contributed by atoms with Crippen LogP contribution in [0.25, 0.3) is 0 Å². The van der Waals surface area contributed by atoms with Gasteiger partial charge in [-0.2, -0.15) is 0 Å². The van der Waals surface area contributed by atoms with Crippen LogP contribution in [-0.2, 0) is 9.53 Å². The minimum Gasteiger partial charge on any atom is -0.379 e. The minimum absolute atomic E-state index is 0.140. The molecule has 0 radical (unpaired) electrons. The third-order valence-electron chi connectivity index (χ3n) is 5.47. The van der Waals surface area contributed by atoms with Gasteiger partial charge in [0.2, 0.25) is 5.91 Å². The summed E-state index contributed by atoms with van der Waals surface area (Å²) >= 11 is 0. The van der Waals surface area contributed by atoms with Crippen molar-refractivity contribution >= 4 is 5.91 Å². The lowest BCUT2D eigenvalue weighted by Crippen LogP contribution is -2.37. The van der Waals surface area contributed by atoms with Crippen molar-refractivity contribution in [2.45, 2.75) is 32.6 Å². The van der Waals surface area contributed by atoms with E-state index in [0.29, 0.717) is 18.2 Å². The van der Waals surface area contributed by atoms with Crippen LogP contribution >= 0.6 is 0 Å². The summed E-state index contributed by atoms with van der Waals surface area (Å²) < 4.78 is 5.37. The van der Waals surface area contributed by atoms with E-state index in [1.54, 1.807) is 0 Å². The maximum Gasteiger partial charge on any atom is 0.222 e. The van der Waals surface area contributed by atoms with Crippen molar-refractivity contribution in [2.75, 3.05) is 45.9 Å². The molecule has 1 atom stereocenters. The van der Waals surface area contributed by atoms with E-state index in [2.05, 4.69) is 54.0 Å². The molecule has 4 nitrogen and oxygen atoms in total. The molecule has 2 aliphatic heterocycles. The molecule has 3 rings (SSSR count). The van der Waals surface area contributed by atoms with Crippen molar-refractivity contribution in [3.8, 4) is 0 Å². The number of morpholine rings is 1. The number of carbonyl (C=O) groups excluding carboxylic acids is 1. The smallest absolute Gasteiger partial charge is 0.222 e. The van der Waals surface area contributed by atoms with E-state index < -0.39 is 0 Å². The molecule has 1 aromatic rings. The highest BCUT2D eigenvalue weighted by Crippen LogP contribution is 2.42. The van der Waals surface area contributed by atoms with Crippen LogP contribution in [0.15, 0.2) is 30.3 Å². The quantitative estimate of drug-likeness (QED) is 0.832. The lowest BCUT2D eigenvalue weighted by atomic mass is 9.78. The Kier molecular flexibility index (Phi) is 5.57. The molecule has 0 bridgehead atoms. The Hall–Kier alpha value is -1.39. The van der Waals surface area contributed by atoms with E-state index in [-0.39, 0.29) is 5.41 Å². The van der Waals surface area contributed by atoms with E-state index in [1.165, 1.54) is 5.56 Å². The maximum absolute atomic E-state index is 12.6. The second-order valence-corrected chi connectivity index (χ2v) is 7.78. The summed E-state index contributed by atoms with van der Waals surface area (Å²) in [5, 5.41) is 0. The van der Waals surface area contributed by atoms with Gasteiger partial charge in [0.05, 0.1) is 13.2 Å². The molecule has 0 N–H and O–H groups in total. The first-order valence-electron chi connectivity index (χ1n) is 9.19. The van der Waals surface area contributed by atoms with Crippen LogP contribution in [0.2, 0.25) is 0 Å². The number of carbonyl (C=O) groups is 1. The molecule has 0 saturated carbocycles. The minimum atomic E-state index is 0.140. The lowest BCUT2D eigenvalue weighted by molar-refractivity contribution is -0.130. The van der Waals surface area contributed by atoms with Crippen LogP contribution in [0.3, 0.4) is 0 Å². The molecule has 1 aromatic carbocycles. The largest absolute Gasteiger partial charge is 0.379 e. The number of amides is 1. The summed E-state index contributed by atoms with van der Waals surface area (Å²) in [6.45, 7) is 10.9. The van der Waals surface area contributed by atoms with Gasteiger partial charge in [-0.25, -0.2) is 0 Å². The molecule has 2 aliphatic rings. The van der Waals surface area contributed by atoms with Gasteiger partial charge in [-0.3, -0.25) is 9.69 Å². The number of hydrogen-bond acceptors (Lipinski definition) is 3. The second-order valence-electron chi connectivity index (χ2n) is 7.78. The van der Waals surface area contributed by atoms with E-state index >= 15 is 0 Å². The Morgan fingerprint density at radius 2 is 1.92 bits per heavy atom. The first-order valence-corrected chi connectivity index (χ1v) is 9.19. The van der Waals surface area contributed by atoms with Gasteiger partial charge in [-0.1, -0.05) is 44.2 Å². The number of nitrogens with zero attached hydrogens (tertiary/aromatic N) is 2. The predicted molar refractivity (Wildman–Crippen MR) is 96.0 cm³/mol. The van der Waals surface area contributed by atoms with Crippen molar-refractivity contribution in [3.63, 3.8) is 0 Å². The average Bonchev–Trinajstić information content (AvgIpc) is 2.92. The van der Waals surface area contributed by atoms with Crippen molar-refractivity contribution < 1.29 is 9.53 Å². The van der Waals surface area contributed by atoms with Crippen molar-refractivity contribution in [3.05, 3.63) is 35.9 Å². The van der Waals surface area contributed by atoms with Crippen molar-refractivity contribution in [2.24, 2.45) is 5.41 Å². The zero-order valence-corrected chi connectivity index (χ0v) is 15.0. The summed E-state index contributed by atoms with van der Waals surface area (Å²) in [5.41, 5.74) is 1.49. The fraction of sp³-hybridized carbons (Fsp3) is 0.650. The second kappa shape index (κ2) is 7.66. The molecule has 4 heteroatoms. The number of hydrogen-bond donors (Lipinski definition) is 0. The van der Waals surface area contributed by atoms with Crippen molar-refractivity contribution in [1.29, 1.82) is 0 Å². The fourth-order valence-corrected chi connectivity index (χ4v) is 4.00. The predicted octanol–water partition coefficient (Wildman–Crippen LogP) is 2.75. The number of benzene rings is 1. The molecule has 2 fully saturated rings. The Balaban J connectivity index is 1.51. The molecular formula is C20H30N2O2. The summed E-state index contributed by atoms with van der Waals surface area (Å²) in [6.07, 6.45) is 1.61. The highest BCUT2D eigenvalue weighted by Gasteiger charge is 2.41. The summed E-state index contributed by atoms with van der Waals surface area (Å²) in [7, 11) is 0. The zero-order valence-electron chi connectivity index (χ0n) is 15.0. The molecule has 24 heavy (non-hydrogen) atoms. The number of ether oxygens (including phenoxy) is 1. The Morgan fingerprint density at radius 3 is 2.62 bits per heavy atom. The van der Waals surface area contributed by atoms with Gasteiger partial charge in [0.25, 0.3) is 0 Å². The van der Waals surface area contributed by atoms with E-state index in [1.807, 2.05) is 0 Å². The third-order valence-corrected chi connectivity index (χ3v) is 5.47. The van der Waals surface area contributed by atoms with E-state index in [9.17, 15) is 4.79 Å². The van der Waals surface area contributed by atoms with E-state index in [4.69, 9.17) is 4.74 Å². The van der Waals surface area contributed by atoms with Gasteiger partial charge in [-0.05, 0) is 23.9 Å². The number of likely N-dealkylation sites (tertiary alicyclic amines) is 1. The molecule has 0 aromatic heterocycles. The van der Waals surface area contributed by atoms with Crippen LogP contribution in [-0.4, -0.2) is 61.6 Å². The molecular weight excluding hydrogens is 300 g/mol. The highest BCUT2D eigenvalue weighted by atomic mass is 16.5. The average molecular weight is 330 g/mol. The van der Waals surface area contributed by atoms with Crippen molar-refractivity contribution in [1.82, 2.24) is 9.80 Å². The maximum atomic E-state index is 12.6. The topological polar surface area (TPSA) is 32.8 Å². The first-order chi connectivity index (χ1) is 11.6. The Bertz CT molecular complexity index is 538. The summed E-state index contributed by atoms with van der Waals surface area (Å²) in [5.74, 6) is 0.747. The van der Waals surface area contributed by atoms with E-state index in [0.717, 1.165) is 52.4 Å². The van der Waals surface area contributed by atoms with Crippen LogP contribution < -0.4 is 0 Å². The molecule has 0 aliphatic carbocycles. The fourth-order valence-electron chi connectivity index (χ4n) is 4.00. The third kappa shape index (κ3) is 4.17. The monoisotopic (exact) mass is 330 g/mol. The molecule has 132 valence electrons. The normalized spacial score (nSPS) is 24.2.